The lowest BCUT2D eigenvalue weighted by Gasteiger charge is -2.30. The number of unbranched alkanes of at least 4 members (excludes halogenated alkanes) is 3. The third kappa shape index (κ3) is 7.19. The Morgan fingerprint density at radius 1 is 0.895 bits per heavy atom. The van der Waals surface area contributed by atoms with Crippen molar-refractivity contribution in [3.05, 3.63) is 45.0 Å². The molecule has 2 aromatic rings. The SMILES string of the molecule is O=c1c(NCCCCCCC2(S(=O)(=O)NCCCN3CCOCC3)CCCC2)c(Nc2ccncc2)c1=O. The van der Waals surface area contributed by atoms with E-state index >= 15 is 0 Å². The van der Waals surface area contributed by atoms with E-state index < -0.39 is 25.6 Å². The zero-order valence-corrected chi connectivity index (χ0v) is 23.0. The van der Waals surface area contributed by atoms with E-state index in [2.05, 4.69) is 25.2 Å². The summed E-state index contributed by atoms with van der Waals surface area (Å²) in [4.78, 5) is 30.2. The summed E-state index contributed by atoms with van der Waals surface area (Å²) in [6, 6.07) is 3.47. The molecule has 1 saturated heterocycles. The van der Waals surface area contributed by atoms with Gasteiger partial charge in [0.25, 0.3) is 10.9 Å². The van der Waals surface area contributed by atoms with Crippen LogP contribution in [-0.2, 0) is 14.8 Å². The Hall–Kier alpha value is -2.34. The molecular weight excluding hydrogens is 506 g/mol. The maximum atomic E-state index is 13.3. The average molecular weight is 548 g/mol. The summed E-state index contributed by atoms with van der Waals surface area (Å²) in [7, 11) is -3.36. The lowest BCUT2D eigenvalue weighted by Crippen LogP contribution is -2.45. The second kappa shape index (κ2) is 13.6. The third-order valence-corrected chi connectivity index (χ3v) is 10.2. The monoisotopic (exact) mass is 547 g/mol. The zero-order valence-electron chi connectivity index (χ0n) is 22.2. The molecule has 1 aliphatic heterocycles. The van der Waals surface area contributed by atoms with Gasteiger partial charge in [-0.15, -0.1) is 0 Å². The molecule has 11 heteroatoms. The van der Waals surface area contributed by atoms with Gasteiger partial charge in [0.05, 0.1) is 18.0 Å². The highest BCUT2D eigenvalue weighted by atomic mass is 32.2. The van der Waals surface area contributed by atoms with Crippen molar-refractivity contribution in [3.63, 3.8) is 0 Å². The molecule has 0 bridgehead atoms. The first-order valence-corrected chi connectivity index (χ1v) is 15.4. The zero-order chi connectivity index (χ0) is 26.8. The molecule has 10 nitrogen and oxygen atoms in total. The van der Waals surface area contributed by atoms with E-state index in [9.17, 15) is 18.0 Å². The Labute approximate surface area is 225 Å². The van der Waals surface area contributed by atoms with Gasteiger partial charge in [-0.25, -0.2) is 13.1 Å². The number of hydrogen-bond acceptors (Lipinski definition) is 9. The number of anilines is 3. The highest BCUT2D eigenvalue weighted by molar-refractivity contribution is 7.90. The number of sulfonamides is 1. The van der Waals surface area contributed by atoms with Crippen molar-refractivity contribution in [2.24, 2.45) is 0 Å². The number of rotatable bonds is 16. The van der Waals surface area contributed by atoms with Crippen LogP contribution in [0.4, 0.5) is 17.1 Å². The third-order valence-electron chi connectivity index (χ3n) is 7.85. The lowest BCUT2D eigenvalue weighted by molar-refractivity contribution is 0.0376. The van der Waals surface area contributed by atoms with Crippen LogP contribution < -0.4 is 26.2 Å². The number of aromatic nitrogens is 1. The fourth-order valence-corrected chi connectivity index (χ4v) is 7.52. The second-order valence-electron chi connectivity index (χ2n) is 10.5. The molecule has 1 aromatic carbocycles. The van der Waals surface area contributed by atoms with Gasteiger partial charge in [-0.3, -0.25) is 19.5 Å². The number of morpholine rings is 1. The predicted octanol–water partition coefficient (Wildman–Crippen LogP) is 2.74. The molecule has 1 aliphatic carbocycles. The van der Waals surface area contributed by atoms with Gasteiger partial charge in [0.2, 0.25) is 10.0 Å². The predicted molar refractivity (Wildman–Crippen MR) is 150 cm³/mol. The van der Waals surface area contributed by atoms with Crippen LogP contribution in [0.1, 0.15) is 64.2 Å². The Bertz CT molecular complexity index is 1180. The van der Waals surface area contributed by atoms with Crippen LogP contribution in [-0.4, -0.2) is 69.0 Å². The molecule has 0 unspecified atom stereocenters. The topological polar surface area (TPSA) is 130 Å². The summed E-state index contributed by atoms with van der Waals surface area (Å²) < 4.78 is 34.2. The van der Waals surface area contributed by atoms with Gasteiger partial charge in [0.15, 0.2) is 0 Å². The first kappa shape index (κ1) is 28.7. The summed E-state index contributed by atoms with van der Waals surface area (Å²) in [5.41, 5.74) is 0.335. The van der Waals surface area contributed by atoms with Crippen molar-refractivity contribution in [2.75, 3.05) is 56.6 Å². The molecule has 38 heavy (non-hydrogen) atoms. The maximum Gasteiger partial charge on any atom is 0.253 e. The molecule has 210 valence electrons. The number of pyridine rings is 1. The quantitative estimate of drug-likeness (QED) is 0.215. The molecule has 3 N–H and O–H groups in total. The van der Waals surface area contributed by atoms with Crippen LogP contribution in [0.25, 0.3) is 0 Å². The second-order valence-corrected chi connectivity index (χ2v) is 12.6. The Kier molecular flexibility index (Phi) is 10.3. The average Bonchev–Trinajstić information content (AvgIpc) is 3.43. The Morgan fingerprint density at radius 3 is 2.32 bits per heavy atom. The van der Waals surface area contributed by atoms with Crippen molar-refractivity contribution in [2.45, 2.75) is 69.0 Å². The van der Waals surface area contributed by atoms with Gasteiger partial charge in [0, 0.05) is 44.3 Å². The van der Waals surface area contributed by atoms with E-state index in [-0.39, 0.29) is 0 Å². The Morgan fingerprint density at radius 2 is 1.58 bits per heavy atom. The van der Waals surface area contributed by atoms with E-state index in [1.165, 1.54) is 0 Å². The first-order chi connectivity index (χ1) is 18.4. The van der Waals surface area contributed by atoms with Crippen LogP contribution in [0.2, 0.25) is 0 Å². The number of ether oxygens (including phenoxy) is 1. The summed E-state index contributed by atoms with van der Waals surface area (Å²) in [6.45, 7) is 5.32. The molecule has 0 spiro atoms. The minimum Gasteiger partial charge on any atom is -0.380 e. The molecule has 2 heterocycles. The normalized spacial score (nSPS) is 18.1. The molecule has 1 saturated carbocycles. The van der Waals surface area contributed by atoms with E-state index in [1.54, 1.807) is 24.5 Å². The highest BCUT2D eigenvalue weighted by Gasteiger charge is 2.45. The van der Waals surface area contributed by atoms with E-state index in [0.29, 0.717) is 36.6 Å². The summed E-state index contributed by atoms with van der Waals surface area (Å²) in [6.07, 6.45) is 11.7. The van der Waals surface area contributed by atoms with Crippen molar-refractivity contribution < 1.29 is 13.2 Å². The van der Waals surface area contributed by atoms with E-state index in [0.717, 1.165) is 90.6 Å². The van der Waals surface area contributed by atoms with E-state index in [4.69, 9.17) is 4.74 Å². The minimum atomic E-state index is -3.36. The smallest absolute Gasteiger partial charge is 0.253 e. The summed E-state index contributed by atoms with van der Waals surface area (Å²) in [5.74, 6) is 0. The summed E-state index contributed by atoms with van der Waals surface area (Å²) in [5, 5.41) is 6.09. The molecule has 4 rings (SSSR count). The number of nitrogens with zero attached hydrogens (tertiary/aromatic N) is 2. The standard InChI is InChI=1S/C27H41N5O5S/c33-25-23(24(26(25)34)31-22-8-15-28-16-9-22)29-13-6-2-1-3-10-27(11-4-5-12-27)38(35,36)30-14-7-17-32-18-20-37-21-19-32/h8-9,15-16,29-30H,1-7,10-14,17-21H2,(H,28,31). The highest BCUT2D eigenvalue weighted by Crippen LogP contribution is 2.40. The fraction of sp³-hybridized carbons (Fsp3) is 0.667. The van der Waals surface area contributed by atoms with Crippen LogP contribution in [0.15, 0.2) is 34.1 Å². The molecule has 2 fully saturated rings. The molecule has 0 amide bonds. The van der Waals surface area contributed by atoms with Crippen molar-refractivity contribution in [3.8, 4) is 0 Å². The van der Waals surface area contributed by atoms with Crippen LogP contribution in [0.3, 0.4) is 0 Å². The lowest BCUT2D eigenvalue weighted by atomic mass is 9.98. The number of hydrogen-bond donors (Lipinski definition) is 3. The molecule has 1 aromatic heterocycles. The van der Waals surface area contributed by atoms with Crippen LogP contribution in [0, 0.1) is 0 Å². The van der Waals surface area contributed by atoms with Gasteiger partial charge < -0.3 is 15.4 Å². The van der Waals surface area contributed by atoms with Crippen LogP contribution >= 0.6 is 0 Å². The van der Waals surface area contributed by atoms with Gasteiger partial charge in [-0.1, -0.05) is 32.1 Å². The van der Waals surface area contributed by atoms with Gasteiger partial charge >= 0.3 is 0 Å². The van der Waals surface area contributed by atoms with Gasteiger partial charge in [-0.2, -0.15) is 0 Å². The van der Waals surface area contributed by atoms with Crippen molar-refractivity contribution in [1.29, 1.82) is 0 Å². The molecule has 2 aliphatic rings. The fourth-order valence-electron chi connectivity index (χ4n) is 5.56. The van der Waals surface area contributed by atoms with Crippen LogP contribution in [0.5, 0.6) is 0 Å². The minimum absolute atomic E-state index is 0.298. The van der Waals surface area contributed by atoms with Crippen molar-refractivity contribution in [1.82, 2.24) is 14.6 Å². The van der Waals surface area contributed by atoms with E-state index in [1.807, 2.05) is 0 Å². The molecular formula is C27H41N5O5S. The molecule has 0 atom stereocenters. The van der Waals surface area contributed by atoms with Crippen molar-refractivity contribution >= 4 is 27.1 Å². The molecule has 0 radical (unpaired) electrons. The summed E-state index contributed by atoms with van der Waals surface area (Å²) >= 11 is 0. The Balaban J connectivity index is 1.15. The first-order valence-electron chi connectivity index (χ1n) is 14.0. The largest absolute Gasteiger partial charge is 0.380 e. The maximum absolute atomic E-state index is 13.3. The van der Waals surface area contributed by atoms with Gasteiger partial charge in [-0.05, 0) is 50.8 Å². The van der Waals surface area contributed by atoms with Gasteiger partial charge in [0.1, 0.15) is 11.4 Å². The number of nitrogens with one attached hydrogen (secondary N) is 3.